The van der Waals surface area contributed by atoms with E-state index in [-0.39, 0.29) is 5.91 Å². The van der Waals surface area contributed by atoms with Crippen molar-refractivity contribution in [1.82, 2.24) is 5.32 Å². The summed E-state index contributed by atoms with van der Waals surface area (Å²) in [6.07, 6.45) is 0.514. The maximum Gasteiger partial charge on any atom is 0.221 e. The van der Waals surface area contributed by atoms with Crippen LogP contribution in [0.25, 0.3) is 0 Å². The van der Waals surface area contributed by atoms with Gasteiger partial charge in [-0.2, -0.15) is 0 Å². The van der Waals surface area contributed by atoms with Crippen LogP contribution >= 0.6 is 50.6 Å². The molecule has 0 spiro atoms. The van der Waals surface area contributed by atoms with Gasteiger partial charge in [-0.1, -0.05) is 11.6 Å². The first-order valence-corrected chi connectivity index (χ1v) is 9.05. The van der Waals surface area contributed by atoms with Gasteiger partial charge in [0.1, 0.15) is 0 Å². The lowest BCUT2D eigenvalue weighted by molar-refractivity contribution is -0.120. The fourth-order valence-corrected chi connectivity index (χ4v) is 3.88. The maximum atomic E-state index is 11.7. The Kier molecular flexibility index (Phi) is 6.42. The number of carbonyl (C=O) groups is 1. The summed E-state index contributed by atoms with van der Waals surface area (Å²) in [5.74, 6) is 0.845. The Morgan fingerprint density at radius 2 is 2.10 bits per heavy atom. The molecule has 0 aliphatic rings. The van der Waals surface area contributed by atoms with Crippen LogP contribution in [0.4, 0.5) is 0 Å². The third kappa shape index (κ3) is 5.48. The fraction of sp³-hybridized carbons (Fsp3) is 0.214. The topological polar surface area (TPSA) is 29.1 Å². The smallest absolute Gasteiger partial charge is 0.221 e. The zero-order valence-corrected chi connectivity index (χ0v) is 14.5. The molecule has 2 rings (SSSR count). The quantitative estimate of drug-likeness (QED) is 0.706. The van der Waals surface area contributed by atoms with Crippen molar-refractivity contribution in [3.63, 3.8) is 0 Å². The first kappa shape index (κ1) is 15.9. The van der Waals surface area contributed by atoms with Crippen LogP contribution in [0.15, 0.2) is 45.1 Å². The van der Waals surface area contributed by atoms with Gasteiger partial charge in [-0.05, 0) is 46.3 Å². The Morgan fingerprint density at radius 3 is 2.75 bits per heavy atom. The van der Waals surface area contributed by atoms with Gasteiger partial charge in [0.25, 0.3) is 0 Å². The molecule has 1 aromatic carbocycles. The number of benzene rings is 1. The number of hydrogen-bond donors (Lipinski definition) is 1. The molecule has 0 radical (unpaired) electrons. The molecule has 0 atom stereocenters. The molecule has 20 heavy (non-hydrogen) atoms. The number of thiophene rings is 1. The van der Waals surface area contributed by atoms with Gasteiger partial charge in [-0.15, -0.1) is 23.1 Å². The number of halogens is 2. The number of amides is 1. The lowest BCUT2D eigenvalue weighted by atomic mass is 10.4. The predicted octanol–water partition coefficient (Wildman–Crippen LogP) is 4.96. The zero-order valence-electron chi connectivity index (χ0n) is 10.6. The minimum atomic E-state index is 0.0796. The van der Waals surface area contributed by atoms with E-state index < -0.39 is 0 Å². The van der Waals surface area contributed by atoms with E-state index in [1.807, 2.05) is 35.7 Å². The molecule has 106 valence electrons. The van der Waals surface area contributed by atoms with Crippen molar-refractivity contribution in [2.45, 2.75) is 17.9 Å². The van der Waals surface area contributed by atoms with Crippen molar-refractivity contribution >= 4 is 56.5 Å². The number of carbonyl (C=O) groups excluding carboxylic acids is 1. The highest BCUT2D eigenvalue weighted by atomic mass is 79.9. The van der Waals surface area contributed by atoms with Crippen molar-refractivity contribution < 1.29 is 4.79 Å². The largest absolute Gasteiger partial charge is 0.351 e. The molecule has 0 saturated carbocycles. The summed E-state index contributed by atoms with van der Waals surface area (Å²) in [5.41, 5.74) is 0. The monoisotopic (exact) mass is 389 g/mol. The molecule has 1 amide bonds. The van der Waals surface area contributed by atoms with Crippen LogP contribution in [0.5, 0.6) is 0 Å². The minimum absolute atomic E-state index is 0.0796. The summed E-state index contributed by atoms with van der Waals surface area (Å²) in [7, 11) is 0. The molecule has 2 nitrogen and oxygen atoms in total. The van der Waals surface area contributed by atoms with Gasteiger partial charge in [-0.25, -0.2) is 0 Å². The third-order valence-corrected chi connectivity index (χ3v) is 5.46. The minimum Gasteiger partial charge on any atom is -0.351 e. The van der Waals surface area contributed by atoms with Gasteiger partial charge in [0.15, 0.2) is 0 Å². The van der Waals surface area contributed by atoms with Crippen LogP contribution in [0.2, 0.25) is 5.02 Å². The van der Waals surface area contributed by atoms with Gasteiger partial charge in [0, 0.05) is 36.8 Å². The van der Waals surface area contributed by atoms with Crippen molar-refractivity contribution in [3.8, 4) is 0 Å². The molecule has 1 heterocycles. The highest BCUT2D eigenvalue weighted by Gasteiger charge is 2.03. The standard InChI is InChI=1S/C14H13BrClNOS2/c15-10-7-13(20-9-10)8-17-14(18)5-6-19-12-3-1-11(16)2-4-12/h1-4,7,9H,5-6,8H2,(H,17,18). The van der Waals surface area contributed by atoms with Gasteiger partial charge in [0.2, 0.25) is 5.91 Å². The van der Waals surface area contributed by atoms with Crippen LogP contribution in [0.3, 0.4) is 0 Å². The van der Waals surface area contributed by atoms with E-state index in [1.54, 1.807) is 23.1 Å². The van der Waals surface area contributed by atoms with Crippen LogP contribution < -0.4 is 5.32 Å². The lowest BCUT2D eigenvalue weighted by Gasteiger charge is -2.04. The molecule has 1 aromatic heterocycles. The van der Waals surface area contributed by atoms with Crippen LogP contribution in [-0.4, -0.2) is 11.7 Å². The van der Waals surface area contributed by atoms with Crippen LogP contribution in [0, 0.1) is 0 Å². The Hall–Kier alpha value is -0.490. The molecule has 1 N–H and O–H groups in total. The van der Waals surface area contributed by atoms with E-state index in [4.69, 9.17) is 11.6 Å². The normalized spacial score (nSPS) is 10.5. The molecule has 0 unspecified atom stereocenters. The number of thioether (sulfide) groups is 1. The molecule has 0 aliphatic carbocycles. The van der Waals surface area contributed by atoms with E-state index in [2.05, 4.69) is 21.2 Å². The lowest BCUT2D eigenvalue weighted by Crippen LogP contribution is -2.22. The SMILES string of the molecule is O=C(CCSc1ccc(Cl)cc1)NCc1cc(Br)cs1. The van der Waals surface area contributed by atoms with Crippen molar-refractivity contribution in [3.05, 3.63) is 50.1 Å². The van der Waals surface area contributed by atoms with Crippen molar-refractivity contribution in [2.75, 3.05) is 5.75 Å². The summed E-state index contributed by atoms with van der Waals surface area (Å²) in [6, 6.07) is 9.67. The van der Waals surface area contributed by atoms with Crippen LogP contribution in [0.1, 0.15) is 11.3 Å². The molecular formula is C14H13BrClNOS2. The molecule has 0 aliphatic heterocycles. The zero-order chi connectivity index (χ0) is 14.4. The van der Waals surface area contributed by atoms with Gasteiger partial charge in [0.05, 0.1) is 6.54 Å². The van der Waals surface area contributed by atoms with Gasteiger partial charge >= 0.3 is 0 Å². The van der Waals surface area contributed by atoms with Gasteiger partial charge < -0.3 is 5.32 Å². The first-order valence-electron chi connectivity index (χ1n) is 6.01. The highest BCUT2D eigenvalue weighted by molar-refractivity contribution is 9.10. The fourth-order valence-electron chi connectivity index (χ4n) is 1.51. The third-order valence-electron chi connectivity index (χ3n) is 2.49. The van der Waals surface area contributed by atoms with E-state index >= 15 is 0 Å². The van der Waals surface area contributed by atoms with Crippen LogP contribution in [-0.2, 0) is 11.3 Å². The predicted molar refractivity (Wildman–Crippen MR) is 90.7 cm³/mol. The number of hydrogen-bond acceptors (Lipinski definition) is 3. The highest BCUT2D eigenvalue weighted by Crippen LogP contribution is 2.21. The summed E-state index contributed by atoms with van der Waals surface area (Å²) in [4.78, 5) is 14.0. The maximum absolute atomic E-state index is 11.7. The molecule has 6 heteroatoms. The molecular weight excluding hydrogens is 378 g/mol. The second-order valence-electron chi connectivity index (χ2n) is 4.06. The Labute approximate surface area is 140 Å². The van der Waals surface area contributed by atoms with Crippen molar-refractivity contribution in [2.24, 2.45) is 0 Å². The summed E-state index contributed by atoms with van der Waals surface area (Å²) < 4.78 is 1.06. The second kappa shape index (κ2) is 8.08. The van der Waals surface area contributed by atoms with E-state index in [1.165, 1.54) is 0 Å². The van der Waals surface area contributed by atoms with E-state index in [9.17, 15) is 4.79 Å². The first-order chi connectivity index (χ1) is 9.63. The Bertz CT molecular complexity index is 571. The van der Waals surface area contributed by atoms with E-state index in [0.717, 1.165) is 25.0 Å². The summed E-state index contributed by atoms with van der Waals surface area (Å²) in [6.45, 7) is 0.598. The number of rotatable bonds is 6. The molecule has 0 fully saturated rings. The summed E-state index contributed by atoms with van der Waals surface area (Å²) in [5, 5.41) is 5.67. The number of nitrogens with one attached hydrogen (secondary N) is 1. The van der Waals surface area contributed by atoms with Gasteiger partial charge in [-0.3, -0.25) is 4.79 Å². The summed E-state index contributed by atoms with van der Waals surface area (Å²) >= 11 is 12.5. The second-order valence-corrected chi connectivity index (χ2v) is 7.58. The van der Waals surface area contributed by atoms with E-state index in [0.29, 0.717) is 13.0 Å². The average Bonchev–Trinajstić information content (AvgIpc) is 2.85. The average molecular weight is 391 g/mol. The molecule has 0 bridgehead atoms. The van der Waals surface area contributed by atoms with Crippen molar-refractivity contribution in [1.29, 1.82) is 0 Å². The molecule has 0 saturated heterocycles. The Morgan fingerprint density at radius 1 is 1.35 bits per heavy atom. The Balaban J connectivity index is 1.66. The molecule has 2 aromatic rings.